The van der Waals surface area contributed by atoms with Crippen LogP contribution in [0.4, 0.5) is 0 Å². The Balaban J connectivity index is 2.07. The zero-order chi connectivity index (χ0) is 13.8. The topological polar surface area (TPSA) is 34.9 Å². The maximum absolute atomic E-state index is 12.2. The smallest absolute Gasteiger partial charge is 0.192 e. The molecule has 0 aliphatic carbocycles. The highest BCUT2D eigenvalue weighted by molar-refractivity contribution is 8.00. The molecule has 0 bridgehead atoms. The quantitative estimate of drug-likeness (QED) is 0.613. The number of hydrogen-bond donors (Lipinski definition) is 0. The van der Waals surface area contributed by atoms with Crippen LogP contribution in [0.3, 0.4) is 0 Å². The fraction of sp³-hybridized carbons (Fsp3) is 0.231. The molecule has 0 fully saturated rings. The van der Waals surface area contributed by atoms with Gasteiger partial charge in [0, 0.05) is 16.5 Å². The number of hydrogen-bond acceptors (Lipinski definition) is 3. The number of Topliss-reactive ketones (excluding diaryl/α,β-unsaturated/α-hetero) is 1. The van der Waals surface area contributed by atoms with E-state index in [1.54, 1.807) is 10.7 Å². The van der Waals surface area contributed by atoms with Gasteiger partial charge < -0.3 is 0 Å². The van der Waals surface area contributed by atoms with Crippen LogP contribution in [0.1, 0.15) is 17.4 Å². The molecular weight excluding hydrogens is 303 g/mol. The Kier molecular flexibility index (Phi) is 4.91. The van der Waals surface area contributed by atoms with Gasteiger partial charge in [0.2, 0.25) is 0 Å². The summed E-state index contributed by atoms with van der Waals surface area (Å²) < 4.78 is 1.61. The molecular formula is C13H12Cl2N2OS. The van der Waals surface area contributed by atoms with Crippen molar-refractivity contribution in [2.45, 2.75) is 18.4 Å². The summed E-state index contributed by atoms with van der Waals surface area (Å²) in [5, 5.41) is 5.12. The number of halogens is 2. The predicted octanol–water partition coefficient (Wildman–Crippen LogP) is 4.18. The molecule has 1 aromatic heterocycles. The number of aryl methyl sites for hydroxylation is 1. The Hall–Kier alpha value is -0.970. The van der Waals surface area contributed by atoms with Crippen LogP contribution in [-0.2, 0) is 6.54 Å². The molecule has 0 spiro atoms. The number of thioether (sulfide) groups is 1. The minimum atomic E-state index is -0.0330. The van der Waals surface area contributed by atoms with Gasteiger partial charge in [-0.05, 0) is 25.1 Å². The van der Waals surface area contributed by atoms with Crippen LogP contribution in [-0.4, -0.2) is 21.3 Å². The lowest BCUT2D eigenvalue weighted by molar-refractivity contribution is 0.101. The van der Waals surface area contributed by atoms with Crippen molar-refractivity contribution in [1.82, 2.24) is 9.78 Å². The maximum atomic E-state index is 12.2. The first-order valence-electron chi connectivity index (χ1n) is 5.74. The number of benzene rings is 1. The Morgan fingerprint density at radius 1 is 1.42 bits per heavy atom. The molecule has 0 saturated heterocycles. The molecule has 0 aliphatic rings. The van der Waals surface area contributed by atoms with Gasteiger partial charge in [0.05, 0.1) is 17.0 Å². The second-order valence-corrected chi connectivity index (χ2v) is 5.72. The highest BCUT2D eigenvalue weighted by Gasteiger charge is 2.16. The Labute approximate surface area is 125 Å². The minimum absolute atomic E-state index is 0.0330. The highest BCUT2D eigenvalue weighted by atomic mass is 35.5. The van der Waals surface area contributed by atoms with E-state index >= 15 is 0 Å². The van der Waals surface area contributed by atoms with Crippen molar-refractivity contribution >= 4 is 40.7 Å². The largest absolute Gasteiger partial charge is 0.291 e. The lowest BCUT2D eigenvalue weighted by atomic mass is 10.3. The summed E-state index contributed by atoms with van der Waals surface area (Å²) >= 11 is 13.3. The number of aromatic nitrogens is 2. The normalized spacial score (nSPS) is 10.7. The van der Waals surface area contributed by atoms with Crippen LogP contribution >= 0.6 is 35.0 Å². The van der Waals surface area contributed by atoms with E-state index in [4.69, 9.17) is 23.2 Å². The molecule has 0 radical (unpaired) electrons. The molecule has 3 nitrogen and oxygen atoms in total. The first kappa shape index (κ1) is 14.4. The van der Waals surface area contributed by atoms with Crippen LogP contribution in [0.5, 0.6) is 0 Å². The molecule has 0 N–H and O–H groups in total. The van der Waals surface area contributed by atoms with Gasteiger partial charge in [0.25, 0.3) is 0 Å². The molecule has 2 aromatic rings. The summed E-state index contributed by atoms with van der Waals surface area (Å²) in [6, 6.07) is 7.41. The van der Waals surface area contributed by atoms with Crippen molar-refractivity contribution in [1.29, 1.82) is 0 Å². The van der Waals surface area contributed by atoms with E-state index in [9.17, 15) is 4.79 Å². The lowest BCUT2D eigenvalue weighted by Crippen LogP contribution is -2.11. The molecule has 0 atom stereocenters. The van der Waals surface area contributed by atoms with Crippen LogP contribution in [0.15, 0.2) is 35.4 Å². The summed E-state index contributed by atoms with van der Waals surface area (Å²) in [4.78, 5) is 13.1. The van der Waals surface area contributed by atoms with Gasteiger partial charge in [-0.2, -0.15) is 5.10 Å². The van der Waals surface area contributed by atoms with Crippen molar-refractivity contribution in [2.75, 3.05) is 5.75 Å². The zero-order valence-electron chi connectivity index (χ0n) is 10.3. The predicted molar refractivity (Wildman–Crippen MR) is 79.4 cm³/mol. The third-order valence-electron chi connectivity index (χ3n) is 2.52. The van der Waals surface area contributed by atoms with E-state index in [1.165, 1.54) is 18.0 Å². The molecule has 1 heterocycles. The average molecular weight is 315 g/mol. The number of nitrogens with zero attached hydrogens (tertiary/aromatic N) is 2. The third kappa shape index (κ3) is 3.53. The SMILES string of the molecule is CCn1ncc(Cl)c1C(=O)CSc1cccc(Cl)c1. The Morgan fingerprint density at radius 2 is 2.21 bits per heavy atom. The van der Waals surface area contributed by atoms with E-state index in [2.05, 4.69) is 5.10 Å². The van der Waals surface area contributed by atoms with Gasteiger partial charge in [-0.25, -0.2) is 0 Å². The molecule has 19 heavy (non-hydrogen) atoms. The van der Waals surface area contributed by atoms with Crippen molar-refractivity contribution in [3.05, 3.63) is 46.2 Å². The van der Waals surface area contributed by atoms with E-state index < -0.39 is 0 Å². The summed E-state index contributed by atoms with van der Waals surface area (Å²) in [6.45, 7) is 2.54. The Bertz CT molecular complexity index is 598. The van der Waals surface area contributed by atoms with Crippen LogP contribution in [0.25, 0.3) is 0 Å². The molecule has 0 amide bonds. The van der Waals surface area contributed by atoms with Gasteiger partial charge in [0.1, 0.15) is 5.69 Å². The van der Waals surface area contributed by atoms with Crippen molar-refractivity contribution in [2.24, 2.45) is 0 Å². The van der Waals surface area contributed by atoms with Crippen LogP contribution < -0.4 is 0 Å². The fourth-order valence-electron chi connectivity index (χ4n) is 1.65. The van der Waals surface area contributed by atoms with Crippen LogP contribution in [0.2, 0.25) is 10.0 Å². The van der Waals surface area contributed by atoms with Crippen molar-refractivity contribution in [3.63, 3.8) is 0 Å². The molecule has 100 valence electrons. The summed E-state index contributed by atoms with van der Waals surface area (Å²) in [7, 11) is 0. The number of rotatable bonds is 5. The minimum Gasteiger partial charge on any atom is -0.291 e. The molecule has 2 rings (SSSR count). The second kappa shape index (κ2) is 6.46. The lowest BCUT2D eigenvalue weighted by Gasteiger charge is -2.05. The molecule has 0 unspecified atom stereocenters. The average Bonchev–Trinajstić information content (AvgIpc) is 2.77. The molecule has 0 aliphatic heterocycles. The monoisotopic (exact) mass is 314 g/mol. The fourth-order valence-corrected chi connectivity index (χ4v) is 2.97. The standard InChI is InChI=1S/C13H12Cl2N2OS/c1-2-17-13(11(15)7-16-17)12(18)8-19-10-5-3-4-9(14)6-10/h3-7H,2,8H2,1H3. The highest BCUT2D eigenvalue weighted by Crippen LogP contribution is 2.24. The maximum Gasteiger partial charge on any atom is 0.192 e. The second-order valence-electron chi connectivity index (χ2n) is 3.83. The number of carbonyl (C=O) groups excluding carboxylic acids is 1. The van der Waals surface area contributed by atoms with E-state index in [0.717, 1.165) is 4.90 Å². The first-order valence-corrected chi connectivity index (χ1v) is 7.49. The summed E-state index contributed by atoms with van der Waals surface area (Å²) in [5.41, 5.74) is 0.471. The number of carbonyl (C=O) groups is 1. The van der Waals surface area contributed by atoms with E-state index in [0.29, 0.717) is 28.0 Å². The van der Waals surface area contributed by atoms with Crippen molar-refractivity contribution < 1.29 is 4.79 Å². The van der Waals surface area contributed by atoms with Gasteiger partial charge in [-0.15, -0.1) is 11.8 Å². The van der Waals surface area contributed by atoms with Gasteiger partial charge in [0.15, 0.2) is 5.78 Å². The van der Waals surface area contributed by atoms with Gasteiger partial charge in [-0.3, -0.25) is 9.48 Å². The molecule has 6 heteroatoms. The molecule has 1 aromatic carbocycles. The van der Waals surface area contributed by atoms with Gasteiger partial charge in [-0.1, -0.05) is 29.3 Å². The summed E-state index contributed by atoms with van der Waals surface area (Å²) in [5.74, 6) is 0.278. The third-order valence-corrected chi connectivity index (χ3v) is 4.03. The van der Waals surface area contributed by atoms with Crippen LogP contribution in [0, 0.1) is 0 Å². The first-order chi connectivity index (χ1) is 9.11. The van der Waals surface area contributed by atoms with E-state index in [-0.39, 0.29) is 5.78 Å². The van der Waals surface area contributed by atoms with E-state index in [1.807, 2.05) is 25.1 Å². The van der Waals surface area contributed by atoms with Gasteiger partial charge >= 0.3 is 0 Å². The Morgan fingerprint density at radius 3 is 2.89 bits per heavy atom. The zero-order valence-corrected chi connectivity index (χ0v) is 12.6. The number of ketones is 1. The van der Waals surface area contributed by atoms with Crippen molar-refractivity contribution in [3.8, 4) is 0 Å². The summed E-state index contributed by atoms with van der Waals surface area (Å²) in [6.07, 6.45) is 1.50. The molecule has 0 saturated carbocycles.